The summed E-state index contributed by atoms with van der Waals surface area (Å²) < 4.78 is 0. The zero-order valence-corrected chi connectivity index (χ0v) is 9.79. The lowest BCUT2D eigenvalue weighted by molar-refractivity contribution is 1.18. The minimum absolute atomic E-state index is 0.447. The van der Waals surface area contributed by atoms with Gasteiger partial charge in [0.25, 0.3) is 0 Å². The van der Waals surface area contributed by atoms with E-state index in [0.717, 1.165) is 9.79 Å². The van der Waals surface area contributed by atoms with Crippen LogP contribution in [-0.2, 0) is 0 Å². The Labute approximate surface area is 103 Å². The highest BCUT2D eigenvalue weighted by Crippen LogP contribution is 2.29. The highest BCUT2D eigenvalue weighted by Gasteiger charge is 2.04. The number of benzene rings is 1. The maximum Gasteiger partial charge on any atom is 0.154 e. The van der Waals surface area contributed by atoms with Gasteiger partial charge in [-0.3, -0.25) is 0 Å². The molecule has 4 heteroatoms. The molecule has 0 saturated heterocycles. The monoisotopic (exact) mass is 246 g/mol. The van der Waals surface area contributed by atoms with Crippen molar-refractivity contribution in [2.75, 3.05) is 0 Å². The quantitative estimate of drug-likeness (QED) is 0.810. The molecule has 0 bridgehead atoms. The summed E-state index contributed by atoms with van der Waals surface area (Å²) in [6, 6.07) is 13.3. The number of pyridine rings is 1. The SMILES string of the molecule is N#Cc1ncccc1Sc1ccc(Cl)cc1. The number of hydrogen-bond acceptors (Lipinski definition) is 3. The smallest absolute Gasteiger partial charge is 0.154 e. The first kappa shape index (κ1) is 11.0. The summed E-state index contributed by atoms with van der Waals surface area (Å²) in [6.07, 6.45) is 1.62. The van der Waals surface area contributed by atoms with Gasteiger partial charge in [0, 0.05) is 21.0 Å². The summed E-state index contributed by atoms with van der Waals surface area (Å²) >= 11 is 7.30. The van der Waals surface area contributed by atoms with Gasteiger partial charge < -0.3 is 0 Å². The lowest BCUT2D eigenvalue weighted by atomic mass is 10.4. The first-order valence-corrected chi connectivity index (χ1v) is 5.77. The van der Waals surface area contributed by atoms with Crippen molar-refractivity contribution in [1.82, 2.24) is 4.98 Å². The van der Waals surface area contributed by atoms with Gasteiger partial charge >= 0.3 is 0 Å². The van der Waals surface area contributed by atoms with Crippen LogP contribution in [0.4, 0.5) is 0 Å². The maximum absolute atomic E-state index is 8.89. The van der Waals surface area contributed by atoms with Crippen molar-refractivity contribution < 1.29 is 0 Å². The molecule has 0 unspecified atom stereocenters. The molecule has 0 aliphatic heterocycles. The molecule has 78 valence electrons. The van der Waals surface area contributed by atoms with E-state index in [1.165, 1.54) is 11.8 Å². The van der Waals surface area contributed by atoms with Gasteiger partial charge in [-0.05, 0) is 36.4 Å². The highest BCUT2D eigenvalue weighted by atomic mass is 35.5. The normalized spacial score (nSPS) is 9.75. The molecule has 0 aliphatic rings. The third-order valence-electron chi connectivity index (χ3n) is 1.92. The minimum Gasteiger partial charge on any atom is -0.244 e. The zero-order valence-electron chi connectivity index (χ0n) is 8.22. The van der Waals surface area contributed by atoms with Crippen molar-refractivity contribution in [3.63, 3.8) is 0 Å². The lowest BCUT2D eigenvalue weighted by Gasteiger charge is -2.02. The van der Waals surface area contributed by atoms with Gasteiger partial charge in [0.1, 0.15) is 6.07 Å². The molecule has 2 rings (SSSR count). The number of nitriles is 1. The Morgan fingerprint density at radius 2 is 1.94 bits per heavy atom. The van der Waals surface area contributed by atoms with Crippen LogP contribution in [-0.4, -0.2) is 4.98 Å². The van der Waals surface area contributed by atoms with Gasteiger partial charge in [-0.15, -0.1) is 0 Å². The summed E-state index contributed by atoms with van der Waals surface area (Å²) in [5, 5.41) is 9.60. The van der Waals surface area contributed by atoms with Crippen LogP contribution in [0.15, 0.2) is 52.4 Å². The third kappa shape index (κ3) is 2.54. The van der Waals surface area contributed by atoms with Crippen molar-refractivity contribution in [3.05, 3.63) is 53.3 Å². The molecule has 1 aromatic carbocycles. The van der Waals surface area contributed by atoms with E-state index < -0.39 is 0 Å². The molecule has 0 spiro atoms. The molecule has 2 aromatic rings. The number of aromatic nitrogens is 1. The maximum atomic E-state index is 8.89. The van der Waals surface area contributed by atoms with Crippen LogP contribution in [0.25, 0.3) is 0 Å². The van der Waals surface area contributed by atoms with E-state index >= 15 is 0 Å². The number of nitrogens with zero attached hydrogens (tertiary/aromatic N) is 2. The Balaban J connectivity index is 2.27. The molecule has 0 N–H and O–H groups in total. The second-order valence-electron chi connectivity index (χ2n) is 3.02. The summed E-state index contributed by atoms with van der Waals surface area (Å²) in [5.74, 6) is 0. The van der Waals surface area contributed by atoms with Crippen molar-refractivity contribution in [2.45, 2.75) is 9.79 Å². The van der Waals surface area contributed by atoms with Crippen LogP contribution in [0.5, 0.6) is 0 Å². The van der Waals surface area contributed by atoms with Gasteiger partial charge in [0.2, 0.25) is 0 Å². The first-order chi connectivity index (χ1) is 7.79. The molecule has 2 nitrogen and oxygen atoms in total. The summed E-state index contributed by atoms with van der Waals surface area (Å²) in [4.78, 5) is 5.89. The molecular formula is C12H7ClN2S. The second kappa shape index (κ2) is 5.02. The van der Waals surface area contributed by atoms with Crippen molar-refractivity contribution in [3.8, 4) is 6.07 Å². The van der Waals surface area contributed by atoms with Crippen LogP contribution in [0, 0.1) is 11.3 Å². The molecule has 0 amide bonds. The zero-order chi connectivity index (χ0) is 11.4. The highest BCUT2D eigenvalue weighted by molar-refractivity contribution is 7.99. The fourth-order valence-corrected chi connectivity index (χ4v) is 2.18. The summed E-state index contributed by atoms with van der Waals surface area (Å²) in [7, 11) is 0. The fourth-order valence-electron chi connectivity index (χ4n) is 1.19. The predicted octanol–water partition coefficient (Wildman–Crippen LogP) is 3.76. The van der Waals surface area contributed by atoms with Crippen LogP contribution in [0.2, 0.25) is 5.02 Å². The number of rotatable bonds is 2. The van der Waals surface area contributed by atoms with Crippen LogP contribution in [0.3, 0.4) is 0 Å². The summed E-state index contributed by atoms with van der Waals surface area (Å²) in [6.45, 7) is 0. The van der Waals surface area contributed by atoms with Gasteiger partial charge in [-0.25, -0.2) is 4.98 Å². The van der Waals surface area contributed by atoms with Crippen LogP contribution < -0.4 is 0 Å². The van der Waals surface area contributed by atoms with E-state index in [-0.39, 0.29) is 0 Å². The largest absolute Gasteiger partial charge is 0.244 e. The molecule has 16 heavy (non-hydrogen) atoms. The Morgan fingerprint density at radius 1 is 1.19 bits per heavy atom. The molecule has 0 fully saturated rings. The number of hydrogen-bond donors (Lipinski definition) is 0. The van der Waals surface area contributed by atoms with Crippen LogP contribution >= 0.6 is 23.4 Å². The van der Waals surface area contributed by atoms with Gasteiger partial charge in [0.15, 0.2) is 5.69 Å². The molecule has 1 aromatic heterocycles. The Kier molecular flexibility index (Phi) is 3.45. The van der Waals surface area contributed by atoms with E-state index in [1.807, 2.05) is 36.4 Å². The summed E-state index contributed by atoms with van der Waals surface area (Å²) in [5.41, 5.74) is 0.447. The molecular weight excluding hydrogens is 240 g/mol. The topological polar surface area (TPSA) is 36.7 Å². The van der Waals surface area contributed by atoms with E-state index in [0.29, 0.717) is 10.7 Å². The molecule has 1 heterocycles. The standard InChI is InChI=1S/C12H7ClN2S/c13-9-3-5-10(6-4-9)16-12-2-1-7-15-11(12)8-14/h1-7H. The Hall–Kier alpha value is -1.50. The van der Waals surface area contributed by atoms with Gasteiger partial charge in [-0.1, -0.05) is 23.4 Å². The fraction of sp³-hybridized carbons (Fsp3) is 0. The average Bonchev–Trinajstić information content (AvgIpc) is 2.33. The van der Waals surface area contributed by atoms with Crippen molar-refractivity contribution in [1.29, 1.82) is 5.26 Å². The van der Waals surface area contributed by atoms with Crippen molar-refractivity contribution >= 4 is 23.4 Å². The molecule has 0 saturated carbocycles. The second-order valence-corrected chi connectivity index (χ2v) is 4.57. The van der Waals surface area contributed by atoms with Gasteiger partial charge in [-0.2, -0.15) is 5.26 Å². The van der Waals surface area contributed by atoms with Crippen molar-refractivity contribution in [2.24, 2.45) is 0 Å². The first-order valence-electron chi connectivity index (χ1n) is 4.58. The van der Waals surface area contributed by atoms with E-state index in [1.54, 1.807) is 6.20 Å². The molecule has 0 radical (unpaired) electrons. The van der Waals surface area contributed by atoms with Crippen LogP contribution in [0.1, 0.15) is 5.69 Å². The van der Waals surface area contributed by atoms with E-state index in [2.05, 4.69) is 11.1 Å². The third-order valence-corrected chi connectivity index (χ3v) is 3.23. The lowest BCUT2D eigenvalue weighted by Crippen LogP contribution is -1.84. The minimum atomic E-state index is 0.447. The number of halogens is 1. The Morgan fingerprint density at radius 3 is 2.62 bits per heavy atom. The van der Waals surface area contributed by atoms with E-state index in [4.69, 9.17) is 16.9 Å². The average molecular weight is 247 g/mol. The van der Waals surface area contributed by atoms with Gasteiger partial charge in [0.05, 0.1) is 0 Å². The molecule has 0 aliphatic carbocycles. The van der Waals surface area contributed by atoms with E-state index in [9.17, 15) is 0 Å². The Bertz CT molecular complexity index is 531. The predicted molar refractivity (Wildman–Crippen MR) is 64.5 cm³/mol. The molecule has 0 atom stereocenters.